The Morgan fingerprint density at radius 1 is 0.818 bits per heavy atom. The normalized spacial score (nSPS) is 17.0. The minimum absolute atomic E-state index is 0.611. The topological polar surface area (TPSA) is 32.5 Å². The number of hydrogen-bond acceptors (Lipinski definition) is 3. The molecule has 0 radical (unpaired) electrons. The van der Waals surface area contributed by atoms with E-state index in [0.717, 1.165) is 39.0 Å². The third-order valence-corrected chi connectivity index (χ3v) is 4.47. The molecule has 1 aliphatic heterocycles. The zero-order valence-corrected chi connectivity index (χ0v) is 13.1. The summed E-state index contributed by atoms with van der Waals surface area (Å²) < 4.78 is 0. The highest BCUT2D eigenvalue weighted by Gasteiger charge is 2.23. The smallest absolute Gasteiger partial charge is 0.0240 e. The summed E-state index contributed by atoms with van der Waals surface area (Å²) in [5.41, 5.74) is 2.77. The maximum atomic E-state index is 5.92. The van der Waals surface area contributed by atoms with E-state index in [1.807, 2.05) is 5.01 Å². The Kier molecular flexibility index (Phi) is 5.22. The molecule has 0 spiro atoms. The quantitative estimate of drug-likeness (QED) is 0.861. The molecule has 3 nitrogen and oxygen atoms in total. The van der Waals surface area contributed by atoms with E-state index in [1.165, 1.54) is 11.1 Å². The van der Waals surface area contributed by atoms with Gasteiger partial charge in [-0.3, -0.25) is 10.7 Å². The molecule has 3 heteroatoms. The first kappa shape index (κ1) is 15.2. The second-order valence-corrected chi connectivity index (χ2v) is 6.14. The third kappa shape index (κ3) is 4.17. The number of hydrogen-bond donors (Lipinski definition) is 1. The molecule has 2 N–H and O–H groups in total. The van der Waals surface area contributed by atoms with Crippen LogP contribution in [0.15, 0.2) is 60.7 Å². The maximum Gasteiger partial charge on any atom is 0.0240 e. The first-order valence-electron chi connectivity index (χ1n) is 8.13. The van der Waals surface area contributed by atoms with Crippen LogP contribution in [-0.2, 0) is 13.1 Å². The van der Waals surface area contributed by atoms with Crippen LogP contribution < -0.4 is 5.84 Å². The molecule has 0 unspecified atom stereocenters. The van der Waals surface area contributed by atoms with Crippen molar-refractivity contribution in [2.24, 2.45) is 5.84 Å². The molecule has 0 amide bonds. The average Bonchev–Trinajstić information content (AvgIpc) is 2.57. The van der Waals surface area contributed by atoms with Crippen molar-refractivity contribution in [1.29, 1.82) is 0 Å². The second-order valence-electron chi connectivity index (χ2n) is 6.14. The predicted octanol–water partition coefficient (Wildman–Crippen LogP) is 3.03. The van der Waals surface area contributed by atoms with Crippen molar-refractivity contribution in [2.75, 3.05) is 13.1 Å². The highest BCUT2D eigenvalue weighted by atomic mass is 15.4. The number of nitrogens with zero attached hydrogens (tertiary/aromatic N) is 2. The number of nitrogens with two attached hydrogens (primary N) is 1. The molecule has 0 aromatic heterocycles. The summed E-state index contributed by atoms with van der Waals surface area (Å²) in [7, 11) is 0. The number of benzene rings is 2. The fourth-order valence-electron chi connectivity index (χ4n) is 3.20. The summed E-state index contributed by atoms with van der Waals surface area (Å²) in [6, 6.07) is 22.1. The van der Waals surface area contributed by atoms with Crippen molar-refractivity contribution >= 4 is 0 Å². The molecule has 22 heavy (non-hydrogen) atoms. The molecule has 0 aliphatic carbocycles. The molecule has 1 saturated heterocycles. The molecule has 0 saturated carbocycles. The summed E-state index contributed by atoms with van der Waals surface area (Å²) in [6.07, 6.45) is 2.30. The summed E-state index contributed by atoms with van der Waals surface area (Å²) in [5.74, 6) is 5.92. The minimum atomic E-state index is 0.611. The number of rotatable bonds is 5. The van der Waals surface area contributed by atoms with E-state index >= 15 is 0 Å². The molecule has 1 fully saturated rings. The molecule has 0 atom stereocenters. The Morgan fingerprint density at radius 3 is 1.73 bits per heavy atom. The Hall–Kier alpha value is -1.68. The van der Waals surface area contributed by atoms with E-state index in [-0.39, 0.29) is 0 Å². The van der Waals surface area contributed by atoms with Gasteiger partial charge in [0.05, 0.1) is 0 Å². The lowest BCUT2D eigenvalue weighted by atomic mass is 10.0. The van der Waals surface area contributed by atoms with Crippen LogP contribution >= 0.6 is 0 Å². The fraction of sp³-hybridized carbons (Fsp3) is 0.368. The summed E-state index contributed by atoms with van der Waals surface area (Å²) in [6.45, 7) is 3.99. The lowest BCUT2D eigenvalue weighted by Crippen LogP contribution is -2.46. The monoisotopic (exact) mass is 295 g/mol. The molecular formula is C19H25N3. The van der Waals surface area contributed by atoms with Crippen LogP contribution in [0.2, 0.25) is 0 Å². The van der Waals surface area contributed by atoms with Gasteiger partial charge in [0, 0.05) is 32.2 Å². The van der Waals surface area contributed by atoms with Crippen LogP contribution in [0, 0.1) is 0 Å². The van der Waals surface area contributed by atoms with Crippen molar-refractivity contribution in [1.82, 2.24) is 9.91 Å². The van der Waals surface area contributed by atoms with Crippen molar-refractivity contribution in [3.8, 4) is 0 Å². The molecule has 0 bridgehead atoms. The van der Waals surface area contributed by atoms with Gasteiger partial charge in [-0.25, -0.2) is 5.01 Å². The van der Waals surface area contributed by atoms with Crippen LogP contribution in [0.1, 0.15) is 24.0 Å². The van der Waals surface area contributed by atoms with Crippen LogP contribution in [-0.4, -0.2) is 29.0 Å². The van der Waals surface area contributed by atoms with Gasteiger partial charge in [0.25, 0.3) is 0 Å². The average molecular weight is 295 g/mol. The van der Waals surface area contributed by atoms with E-state index in [9.17, 15) is 0 Å². The third-order valence-electron chi connectivity index (χ3n) is 4.47. The van der Waals surface area contributed by atoms with Gasteiger partial charge >= 0.3 is 0 Å². The van der Waals surface area contributed by atoms with Crippen molar-refractivity contribution < 1.29 is 0 Å². The number of piperidine rings is 1. The number of hydrazine groups is 1. The first-order chi connectivity index (χ1) is 10.8. The Morgan fingerprint density at radius 2 is 1.27 bits per heavy atom. The minimum Gasteiger partial charge on any atom is -0.292 e. The highest BCUT2D eigenvalue weighted by Crippen LogP contribution is 2.20. The zero-order chi connectivity index (χ0) is 15.2. The van der Waals surface area contributed by atoms with Gasteiger partial charge in [0.1, 0.15) is 0 Å². The summed E-state index contributed by atoms with van der Waals surface area (Å²) in [4.78, 5) is 2.61. The first-order valence-corrected chi connectivity index (χ1v) is 8.13. The van der Waals surface area contributed by atoms with E-state index in [1.54, 1.807) is 0 Å². The van der Waals surface area contributed by atoms with Crippen molar-refractivity contribution in [3.63, 3.8) is 0 Å². The van der Waals surface area contributed by atoms with E-state index in [0.29, 0.717) is 6.04 Å². The SMILES string of the molecule is NN1CCC(N(Cc2ccccc2)Cc2ccccc2)CC1. The Bertz CT molecular complexity index is 506. The van der Waals surface area contributed by atoms with Gasteiger partial charge in [-0.2, -0.15) is 0 Å². The van der Waals surface area contributed by atoms with Crippen molar-refractivity contribution in [3.05, 3.63) is 71.8 Å². The molecule has 3 rings (SSSR count). The fourth-order valence-corrected chi connectivity index (χ4v) is 3.20. The predicted molar refractivity (Wildman–Crippen MR) is 90.9 cm³/mol. The molecule has 2 aromatic carbocycles. The lowest BCUT2D eigenvalue weighted by molar-refractivity contribution is 0.0969. The van der Waals surface area contributed by atoms with Crippen LogP contribution in [0.3, 0.4) is 0 Å². The van der Waals surface area contributed by atoms with Gasteiger partial charge in [0.15, 0.2) is 0 Å². The van der Waals surface area contributed by atoms with Crippen LogP contribution in [0.5, 0.6) is 0 Å². The van der Waals surface area contributed by atoms with Crippen molar-refractivity contribution in [2.45, 2.75) is 32.0 Å². The lowest BCUT2D eigenvalue weighted by Gasteiger charge is -2.37. The summed E-state index contributed by atoms with van der Waals surface area (Å²) in [5, 5.41) is 1.94. The molecule has 1 aliphatic rings. The largest absolute Gasteiger partial charge is 0.292 e. The van der Waals surface area contributed by atoms with Crippen LogP contribution in [0.25, 0.3) is 0 Å². The molecule has 2 aromatic rings. The van der Waals surface area contributed by atoms with E-state index in [2.05, 4.69) is 65.6 Å². The molecular weight excluding hydrogens is 270 g/mol. The highest BCUT2D eigenvalue weighted by molar-refractivity contribution is 5.17. The van der Waals surface area contributed by atoms with Crippen LogP contribution in [0.4, 0.5) is 0 Å². The maximum absolute atomic E-state index is 5.92. The van der Waals surface area contributed by atoms with E-state index in [4.69, 9.17) is 5.84 Å². The van der Waals surface area contributed by atoms with Gasteiger partial charge in [0.2, 0.25) is 0 Å². The summed E-state index contributed by atoms with van der Waals surface area (Å²) >= 11 is 0. The Labute approximate surface area is 133 Å². The van der Waals surface area contributed by atoms with E-state index < -0.39 is 0 Å². The Balaban J connectivity index is 1.73. The standard InChI is InChI=1S/C19H25N3/c20-22-13-11-19(12-14-22)21(15-17-7-3-1-4-8-17)16-18-9-5-2-6-10-18/h1-10,19H,11-16,20H2. The molecule has 116 valence electrons. The zero-order valence-electron chi connectivity index (χ0n) is 13.1. The second kappa shape index (κ2) is 7.54. The molecule has 1 heterocycles. The van der Waals surface area contributed by atoms with Gasteiger partial charge in [-0.05, 0) is 24.0 Å². The van der Waals surface area contributed by atoms with Gasteiger partial charge < -0.3 is 0 Å². The van der Waals surface area contributed by atoms with Gasteiger partial charge in [-0.15, -0.1) is 0 Å². The van der Waals surface area contributed by atoms with Gasteiger partial charge in [-0.1, -0.05) is 60.7 Å².